The fraction of sp³-hybridized carbons (Fsp3) is 0.0625. The number of nitro groups is 1. The van der Waals surface area contributed by atoms with Gasteiger partial charge in [0, 0.05) is 28.2 Å². The average Bonchev–Trinajstić information content (AvgIpc) is 3.04. The van der Waals surface area contributed by atoms with Crippen LogP contribution in [0.25, 0.3) is 11.5 Å². The van der Waals surface area contributed by atoms with E-state index in [1.165, 1.54) is 25.1 Å². The van der Waals surface area contributed by atoms with E-state index in [4.69, 9.17) is 4.42 Å². The number of hydrogen-bond acceptors (Lipinski definition) is 7. The van der Waals surface area contributed by atoms with Gasteiger partial charge in [0.1, 0.15) is 0 Å². The Morgan fingerprint density at radius 2 is 1.92 bits per heavy atom. The molecule has 120 valence electrons. The van der Waals surface area contributed by atoms with Gasteiger partial charge in [-0.3, -0.25) is 14.9 Å². The van der Waals surface area contributed by atoms with Crippen LogP contribution >= 0.6 is 11.8 Å². The van der Waals surface area contributed by atoms with Gasteiger partial charge >= 0.3 is 0 Å². The van der Waals surface area contributed by atoms with Gasteiger partial charge in [-0.2, -0.15) is 0 Å². The molecule has 0 aliphatic carbocycles. The third-order valence-corrected chi connectivity index (χ3v) is 4.09. The number of nitro benzene ring substituents is 1. The highest BCUT2D eigenvalue weighted by Crippen LogP contribution is 2.33. The summed E-state index contributed by atoms with van der Waals surface area (Å²) in [4.78, 5) is 22.6. The van der Waals surface area contributed by atoms with E-state index < -0.39 is 4.92 Å². The second-order valence-corrected chi connectivity index (χ2v) is 5.83. The molecule has 2 aromatic carbocycles. The Hall–Kier alpha value is -3.00. The molecule has 0 aliphatic rings. The highest BCUT2D eigenvalue weighted by Gasteiger charge is 2.17. The molecule has 0 unspecified atom stereocenters. The predicted molar refractivity (Wildman–Crippen MR) is 87.0 cm³/mol. The van der Waals surface area contributed by atoms with Crippen molar-refractivity contribution in [1.82, 2.24) is 10.2 Å². The van der Waals surface area contributed by atoms with E-state index in [2.05, 4.69) is 10.2 Å². The first-order valence-corrected chi connectivity index (χ1v) is 7.72. The zero-order chi connectivity index (χ0) is 17.1. The largest absolute Gasteiger partial charge is 0.411 e. The molecule has 0 atom stereocenters. The minimum atomic E-state index is -0.541. The Labute approximate surface area is 140 Å². The molecule has 0 spiro atoms. The Bertz CT molecular complexity index is 909. The van der Waals surface area contributed by atoms with Gasteiger partial charge in [-0.1, -0.05) is 18.2 Å². The lowest BCUT2D eigenvalue weighted by atomic mass is 10.1. The third kappa shape index (κ3) is 3.33. The first kappa shape index (κ1) is 15.9. The number of nitrogens with zero attached hydrogens (tertiary/aromatic N) is 3. The number of carbonyl (C=O) groups is 1. The summed E-state index contributed by atoms with van der Waals surface area (Å²) < 4.78 is 5.58. The van der Waals surface area contributed by atoms with E-state index in [-0.39, 0.29) is 22.3 Å². The first-order valence-electron chi connectivity index (χ1n) is 6.91. The SMILES string of the molecule is CC(=O)c1cc([N+](=O)[O-])ccc1Sc1nnc(-c2ccccc2)o1. The lowest BCUT2D eigenvalue weighted by Crippen LogP contribution is -1.98. The summed E-state index contributed by atoms with van der Waals surface area (Å²) in [6.07, 6.45) is 0. The van der Waals surface area contributed by atoms with Gasteiger partial charge in [-0.15, -0.1) is 10.2 Å². The van der Waals surface area contributed by atoms with Gasteiger partial charge in [0.15, 0.2) is 5.78 Å². The maximum Gasteiger partial charge on any atom is 0.281 e. The van der Waals surface area contributed by atoms with Crippen molar-refractivity contribution in [1.29, 1.82) is 0 Å². The van der Waals surface area contributed by atoms with Crippen LogP contribution in [0.15, 0.2) is 63.1 Å². The Morgan fingerprint density at radius 3 is 2.58 bits per heavy atom. The zero-order valence-corrected chi connectivity index (χ0v) is 13.3. The molecule has 24 heavy (non-hydrogen) atoms. The Balaban J connectivity index is 1.90. The zero-order valence-electron chi connectivity index (χ0n) is 12.5. The summed E-state index contributed by atoms with van der Waals surface area (Å²) >= 11 is 1.09. The first-order chi connectivity index (χ1) is 11.5. The molecule has 0 saturated carbocycles. The molecule has 0 amide bonds. The molecule has 0 aliphatic heterocycles. The van der Waals surface area contributed by atoms with Crippen LogP contribution in [0, 0.1) is 10.1 Å². The van der Waals surface area contributed by atoms with E-state index in [0.717, 1.165) is 17.3 Å². The number of Topliss-reactive ketones (excluding diaryl/α,β-unsaturated/α-hetero) is 1. The van der Waals surface area contributed by atoms with Crippen molar-refractivity contribution in [3.63, 3.8) is 0 Å². The summed E-state index contributed by atoms with van der Waals surface area (Å²) in [5, 5.41) is 19.0. The van der Waals surface area contributed by atoms with Crippen molar-refractivity contribution in [3.05, 3.63) is 64.2 Å². The van der Waals surface area contributed by atoms with Crippen LogP contribution in [-0.2, 0) is 0 Å². The molecule has 0 fully saturated rings. The van der Waals surface area contributed by atoms with Crippen LogP contribution in [0.4, 0.5) is 5.69 Å². The van der Waals surface area contributed by atoms with Gasteiger partial charge in [0.25, 0.3) is 10.9 Å². The number of hydrogen-bond donors (Lipinski definition) is 0. The summed E-state index contributed by atoms with van der Waals surface area (Å²) in [7, 11) is 0. The molecule has 0 saturated heterocycles. The second-order valence-electron chi connectivity index (χ2n) is 4.83. The van der Waals surface area contributed by atoms with E-state index in [1.54, 1.807) is 0 Å². The van der Waals surface area contributed by atoms with Crippen LogP contribution in [0.1, 0.15) is 17.3 Å². The minimum absolute atomic E-state index is 0.139. The van der Waals surface area contributed by atoms with Crippen LogP contribution < -0.4 is 0 Å². The second kappa shape index (κ2) is 6.63. The standard InChI is InChI=1S/C16H11N3O4S/c1-10(20)13-9-12(19(21)22)7-8-14(13)24-16-18-17-15(23-16)11-5-3-2-4-6-11/h2-9H,1H3. The maximum atomic E-state index is 11.8. The normalized spacial score (nSPS) is 10.5. The van der Waals surface area contributed by atoms with Crippen LogP contribution in [0.2, 0.25) is 0 Å². The molecule has 3 rings (SSSR count). The summed E-state index contributed by atoms with van der Waals surface area (Å²) in [5.41, 5.74) is 0.890. The van der Waals surface area contributed by atoms with Gasteiger partial charge in [0.05, 0.1) is 4.92 Å². The van der Waals surface area contributed by atoms with Gasteiger partial charge in [-0.25, -0.2) is 0 Å². The van der Waals surface area contributed by atoms with E-state index in [0.29, 0.717) is 10.8 Å². The smallest absolute Gasteiger partial charge is 0.281 e. The fourth-order valence-electron chi connectivity index (χ4n) is 2.04. The summed E-state index contributed by atoms with van der Waals surface area (Å²) in [6.45, 7) is 1.35. The summed E-state index contributed by atoms with van der Waals surface area (Å²) in [5.74, 6) is 0.0911. The van der Waals surface area contributed by atoms with E-state index >= 15 is 0 Å². The highest BCUT2D eigenvalue weighted by atomic mass is 32.2. The quantitative estimate of drug-likeness (QED) is 0.393. The number of benzene rings is 2. The molecule has 3 aromatic rings. The lowest BCUT2D eigenvalue weighted by molar-refractivity contribution is -0.384. The lowest BCUT2D eigenvalue weighted by Gasteiger charge is -2.03. The van der Waals surface area contributed by atoms with Gasteiger partial charge < -0.3 is 4.42 Å². The molecule has 0 radical (unpaired) electrons. The molecular weight excluding hydrogens is 330 g/mol. The predicted octanol–water partition coefficient (Wildman–Crippen LogP) is 4.00. The molecule has 0 bridgehead atoms. The van der Waals surface area contributed by atoms with Crippen molar-refractivity contribution in [3.8, 4) is 11.5 Å². The van der Waals surface area contributed by atoms with Gasteiger partial charge in [-0.05, 0) is 36.9 Å². The highest BCUT2D eigenvalue weighted by molar-refractivity contribution is 7.99. The maximum absolute atomic E-state index is 11.8. The fourth-order valence-corrected chi connectivity index (χ4v) is 2.88. The summed E-state index contributed by atoms with van der Waals surface area (Å²) in [6, 6.07) is 13.4. The van der Waals surface area contributed by atoms with Crippen LogP contribution in [-0.4, -0.2) is 20.9 Å². The van der Waals surface area contributed by atoms with Crippen LogP contribution in [0.5, 0.6) is 0 Å². The topological polar surface area (TPSA) is 99.1 Å². The Morgan fingerprint density at radius 1 is 1.17 bits per heavy atom. The van der Waals surface area contributed by atoms with Gasteiger partial charge in [0.2, 0.25) is 5.89 Å². The minimum Gasteiger partial charge on any atom is -0.411 e. The van der Waals surface area contributed by atoms with E-state index in [9.17, 15) is 14.9 Å². The molecular formula is C16H11N3O4S. The third-order valence-electron chi connectivity index (χ3n) is 3.18. The van der Waals surface area contributed by atoms with Crippen molar-refractivity contribution in [2.45, 2.75) is 17.0 Å². The molecule has 1 aromatic heterocycles. The number of non-ortho nitro benzene ring substituents is 1. The monoisotopic (exact) mass is 341 g/mol. The number of rotatable bonds is 5. The van der Waals surface area contributed by atoms with Crippen LogP contribution in [0.3, 0.4) is 0 Å². The Kier molecular flexibility index (Phi) is 4.39. The molecule has 8 heteroatoms. The number of carbonyl (C=O) groups excluding carboxylic acids is 1. The molecule has 7 nitrogen and oxygen atoms in total. The molecule has 0 N–H and O–H groups in total. The van der Waals surface area contributed by atoms with Crippen molar-refractivity contribution < 1.29 is 14.1 Å². The molecule has 1 heterocycles. The van der Waals surface area contributed by atoms with Crippen molar-refractivity contribution >= 4 is 23.2 Å². The van der Waals surface area contributed by atoms with Crippen molar-refractivity contribution in [2.75, 3.05) is 0 Å². The van der Waals surface area contributed by atoms with Crippen molar-refractivity contribution in [2.24, 2.45) is 0 Å². The number of aromatic nitrogens is 2. The number of ketones is 1. The average molecular weight is 341 g/mol. The van der Waals surface area contributed by atoms with E-state index in [1.807, 2.05) is 30.3 Å².